The molecule has 0 aliphatic carbocycles. The smallest absolute Gasteiger partial charge is 0.224 e. The third-order valence-electron chi connectivity index (χ3n) is 3.78. The van der Waals surface area contributed by atoms with Crippen LogP contribution >= 0.6 is 0 Å². The third-order valence-corrected chi connectivity index (χ3v) is 3.78. The minimum absolute atomic E-state index is 0.0180. The summed E-state index contributed by atoms with van der Waals surface area (Å²) in [6, 6.07) is 0.421. The first-order valence-electron chi connectivity index (χ1n) is 7.78. The molecule has 0 aromatic carbocycles. The number of carbonyl (C=O) groups excluding carboxylic acids is 1. The van der Waals surface area contributed by atoms with Crippen molar-refractivity contribution in [2.24, 2.45) is 11.8 Å². The molecule has 5 nitrogen and oxygen atoms in total. The fourth-order valence-corrected chi connectivity index (χ4v) is 2.64. The number of ether oxygens (including phenoxy) is 1. The van der Waals surface area contributed by atoms with E-state index in [0.29, 0.717) is 12.0 Å². The highest BCUT2D eigenvalue weighted by Crippen LogP contribution is 2.13. The summed E-state index contributed by atoms with van der Waals surface area (Å²) in [6.45, 7) is 11.4. The Kier molecular flexibility index (Phi) is 8.11. The predicted molar refractivity (Wildman–Crippen MR) is 81.7 cm³/mol. The lowest BCUT2D eigenvalue weighted by atomic mass is 10.0. The van der Waals surface area contributed by atoms with E-state index in [1.54, 1.807) is 0 Å². The zero-order valence-electron chi connectivity index (χ0n) is 13.4. The van der Waals surface area contributed by atoms with Gasteiger partial charge in [-0.3, -0.25) is 9.69 Å². The molecule has 0 spiro atoms. The molecule has 0 radical (unpaired) electrons. The maximum Gasteiger partial charge on any atom is 0.224 e. The highest BCUT2D eigenvalue weighted by atomic mass is 16.5. The maximum atomic E-state index is 12.0. The predicted octanol–water partition coefficient (Wildman–Crippen LogP) is 0.705. The van der Waals surface area contributed by atoms with Crippen LogP contribution in [0.5, 0.6) is 0 Å². The summed E-state index contributed by atoms with van der Waals surface area (Å²) in [5, 5.41) is 6.15. The van der Waals surface area contributed by atoms with E-state index in [9.17, 15) is 4.79 Å². The summed E-state index contributed by atoms with van der Waals surface area (Å²) in [7, 11) is 1.87. The lowest BCUT2D eigenvalue weighted by molar-refractivity contribution is -0.124. The van der Waals surface area contributed by atoms with Crippen molar-refractivity contribution in [1.29, 1.82) is 0 Å². The van der Waals surface area contributed by atoms with Crippen LogP contribution in [0.25, 0.3) is 0 Å². The summed E-state index contributed by atoms with van der Waals surface area (Å²) in [4.78, 5) is 14.5. The number of amides is 1. The molecule has 1 rings (SSSR count). The first-order chi connectivity index (χ1) is 9.54. The quantitative estimate of drug-likeness (QED) is 0.689. The van der Waals surface area contributed by atoms with Gasteiger partial charge in [-0.05, 0) is 19.4 Å². The van der Waals surface area contributed by atoms with E-state index in [1.807, 2.05) is 14.0 Å². The minimum atomic E-state index is 0.0180. The molecule has 2 atom stereocenters. The van der Waals surface area contributed by atoms with Crippen LogP contribution < -0.4 is 10.6 Å². The van der Waals surface area contributed by atoms with Gasteiger partial charge in [0, 0.05) is 38.1 Å². The van der Waals surface area contributed by atoms with Gasteiger partial charge in [0.2, 0.25) is 5.91 Å². The number of rotatable bonds is 8. The van der Waals surface area contributed by atoms with Crippen molar-refractivity contribution < 1.29 is 9.53 Å². The van der Waals surface area contributed by atoms with Gasteiger partial charge in [0.15, 0.2) is 0 Å². The van der Waals surface area contributed by atoms with Gasteiger partial charge < -0.3 is 15.4 Å². The lowest BCUT2D eigenvalue weighted by Gasteiger charge is -2.35. The average molecular weight is 285 g/mol. The second kappa shape index (κ2) is 9.32. The molecule has 0 aromatic rings. The van der Waals surface area contributed by atoms with Crippen molar-refractivity contribution >= 4 is 5.91 Å². The number of hydrogen-bond donors (Lipinski definition) is 2. The average Bonchev–Trinajstić information content (AvgIpc) is 2.44. The second-order valence-electron chi connectivity index (χ2n) is 6.14. The molecule has 1 aliphatic heterocycles. The molecule has 1 amide bonds. The molecule has 1 heterocycles. The number of nitrogens with zero attached hydrogens (tertiary/aromatic N) is 1. The van der Waals surface area contributed by atoms with Gasteiger partial charge in [-0.25, -0.2) is 0 Å². The van der Waals surface area contributed by atoms with E-state index in [-0.39, 0.29) is 11.8 Å². The molecular weight excluding hydrogens is 254 g/mol. The van der Waals surface area contributed by atoms with Crippen LogP contribution in [0.3, 0.4) is 0 Å². The van der Waals surface area contributed by atoms with Gasteiger partial charge in [0.25, 0.3) is 0 Å². The Bertz CT molecular complexity index is 278. The van der Waals surface area contributed by atoms with Gasteiger partial charge >= 0.3 is 0 Å². The number of carbonyl (C=O) groups is 1. The van der Waals surface area contributed by atoms with Crippen LogP contribution in [-0.2, 0) is 9.53 Å². The minimum Gasteiger partial charge on any atom is -0.379 e. The monoisotopic (exact) mass is 285 g/mol. The summed E-state index contributed by atoms with van der Waals surface area (Å²) in [5.41, 5.74) is 0. The molecule has 0 aromatic heterocycles. The Hall–Kier alpha value is -0.650. The van der Waals surface area contributed by atoms with Crippen molar-refractivity contribution in [1.82, 2.24) is 15.5 Å². The molecule has 0 saturated carbocycles. The molecule has 118 valence electrons. The Morgan fingerprint density at radius 3 is 2.40 bits per heavy atom. The highest BCUT2D eigenvalue weighted by molar-refractivity contribution is 5.78. The largest absolute Gasteiger partial charge is 0.379 e. The van der Waals surface area contributed by atoms with E-state index in [1.165, 1.54) is 0 Å². The Labute approximate surface area is 123 Å². The number of nitrogens with one attached hydrogen (secondary N) is 2. The number of morpholine rings is 1. The van der Waals surface area contributed by atoms with Crippen molar-refractivity contribution in [3.05, 3.63) is 0 Å². The van der Waals surface area contributed by atoms with Crippen LogP contribution in [0, 0.1) is 11.8 Å². The maximum absolute atomic E-state index is 12.0. The zero-order chi connectivity index (χ0) is 15.0. The van der Waals surface area contributed by atoms with Gasteiger partial charge in [0.1, 0.15) is 0 Å². The van der Waals surface area contributed by atoms with Crippen molar-refractivity contribution in [3.63, 3.8) is 0 Å². The number of hydrogen-bond acceptors (Lipinski definition) is 4. The van der Waals surface area contributed by atoms with E-state index in [2.05, 4.69) is 29.4 Å². The molecule has 1 saturated heterocycles. The van der Waals surface area contributed by atoms with E-state index in [0.717, 1.165) is 45.8 Å². The topological polar surface area (TPSA) is 53.6 Å². The van der Waals surface area contributed by atoms with Crippen LogP contribution in [-0.4, -0.2) is 63.3 Å². The molecular formula is C15H31N3O2. The van der Waals surface area contributed by atoms with Crippen molar-refractivity contribution in [2.45, 2.75) is 33.2 Å². The van der Waals surface area contributed by atoms with Gasteiger partial charge in [-0.15, -0.1) is 0 Å². The first kappa shape index (κ1) is 17.4. The third kappa shape index (κ3) is 6.20. The fourth-order valence-electron chi connectivity index (χ4n) is 2.64. The summed E-state index contributed by atoms with van der Waals surface area (Å²) in [5.74, 6) is 0.792. The standard InChI is InChI=1S/C15H31N3O2/c1-12(2)9-14(18-5-7-20-8-6-18)11-17-15(19)13(3)10-16-4/h12-14,16H,5-11H2,1-4H3,(H,17,19). The van der Waals surface area contributed by atoms with Gasteiger partial charge in [0.05, 0.1) is 13.2 Å². The van der Waals surface area contributed by atoms with Crippen LogP contribution in [0.4, 0.5) is 0 Å². The second-order valence-corrected chi connectivity index (χ2v) is 6.14. The lowest BCUT2D eigenvalue weighted by Crippen LogP contribution is -2.50. The highest BCUT2D eigenvalue weighted by Gasteiger charge is 2.23. The van der Waals surface area contributed by atoms with E-state index in [4.69, 9.17) is 4.74 Å². The fraction of sp³-hybridized carbons (Fsp3) is 0.933. The summed E-state index contributed by atoms with van der Waals surface area (Å²) >= 11 is 0. The van der Waals surface area contributed by atoms with Gasteiger partial charge in [-0.1, -0.05) is 20.8 Å². The van der Waals surface area contributed by atoms with Crippen LogP contribution in [0.2, 0.25) is 0 Å². The van der Waals surface area contributed by atoms with Crippen LogP contribution in [0.1, 0.15) is 27.2 Å². The normalized spacial score (nSPS) is 19.9. The van der Waals surface area contributed by atoms with Crippen LogP contribution in [0.15, 0.2) is 0 Å². The molecule has 1 aliphatic rings. The Morgan fingerprint density at radius 2 is 1.85 bits per heavy atom. The van der Waals surface area contributed by atoms with E-state index < -0.39 is 0 Å². The van der Waals surface area contributed by atoms with Crippen molar-refractivity contribution in [2.75, 3.05) is 46.4 Å². The molecule has 2 N–H and O–H groups in total. The Balaban J connectivity index is 2.45. The SMILES string of the molecule is CNCC(C)C(=O)NCC(CC(C)C)N1CCOCC1. The molecule has 0 bridgehead atoms. The molecule has 20 heavy (non-hydrogen) atoms. The Morgan fingerprint density at radius 1 is 1.20 bits per heavy atom. The zero-order valence-corrected chi connectivity index (χ0v) is 13.4. The van der Waals surface area contributed by atoms with Gasteiger partial charge in [-0.2, -0.15) is 0 Å². The molecule has 5 heteroatoms. The first-order valence-corrected chi connectivity index (χ1v) is 7.78. The molecule has 1 fully saturated rings. The summed E-state index contributed by atoms with van der Waals surface area (Å²) in [6.07, 6.45) is 1.11. The molecule has 2 unspecified atom stereocenters. The van der Waals surface area contributed by atoms with E-state index >= 15 is 0 Å². The van der Waals surface area contributed by atoms with Crippen molar-refractivity contribution in [3.8, 4) is 0 Å². The summed E-state index contributed by atoms with van der Waals surface area (Å²) < 4.78 is 5.41.